The number of ether oxygens (including phenoxy) is 1. The molecular formula is C22H24ClN3O2. The van der Waals surface area contributed by atoms with Gasteiger partial charge in [0.25, 0.3) is 0 Å². The molecule has 0 radical (unpaired) electrons. The summed E-state index contributed by atoms with van der Waals surface area (Å²) < 4.78 is 11.3. The fraction of sp³-hybridized carbons (Fsp3) is 0.364. The summed E-state index contributed by atoms with van der Waals surface area (Å²) in [4.78, 5) is 6.61. The molecule has 3 aromatic rings. The van der Waals surface area contributed by atoms with Gasteiger partial charge in [-0.3, -0.25) is 9.88 Å². The maximum atomic E-state index is 6.22. The number of rotatable bonds is 7. The molecule has 5 nitrogen and oxygen atoms in total. The first-order chi connectivity index (χ1) is 13.7. The molecule has 0 N–H and O–H groups in total. The van der Waals surface area contributed by atoms with E-state index in [2.05, 4.69) is 33.2 Å². The lowest BCUT2D eigenvalue weighted by atomic mass is 9.95. The standard InChI is InChI=1S/C22H24ClN3O2/c1-16-9-21(28-25-16)11-19-14-27-15-22(19)26(12-17-5-7-24-8-6-17)13-18-3-2-4-20(23)10-18/h2-10,19,22H,11-15H2,1H3/t19-,22-/m1/s1. The van der Waals surface area contributed by atoms with Crippen LogP contribution in [-0.2, 0) is 24.2 Å². The smallest absolute Gasteiger partial charge is 0.137 e. The van der Waals surface area contributed by atoms with Crippen LogP contribution in [0.1, 0.15) is 22.6 Å². The predicted molar refractivity (Wildman–Crippen MR) is 108 cm³/mol. The minimum atomic E-state index is 0.289. The molecule has 1 aromatic carbocycles. The van der Waals surface area contributed by atoms with Gasteiger partial charge in [0.05, 0.1) is 18.9 Å². The highest BCUT2D eigenvalue weighted by atomic mass is 35.5. The molecule has 0 unspecified atom stereocenters. The summed E-state index contributed by atoms with van der Waals surface area (Å²) >= 11 is 6.22. The Balaban J connectivity index is 1.55. The van der Waals surface area contributed by atoms with Gasteiger partial charge in [-0.05, 0) is 42.3 Å². The molecule has 1 aliphatic heterocycles. The van der Waals surface area contributed by atoms with E-state index < -0.39 is 0 Å². The van der Waals surface area contributed by atoms with Gasteiger partial charge in [0.15, 0.2) is 0 Å². The molecule has 0 bridgehead atoms. The molecule has 6 heteroatoms. The summed E-state index contributed by atoms with van der Waals surface area (Å²) in [5.41, 5.74) is 3.35. The van der Waals surface area contributed by atoms with Gasteiger partial charge in [-0.25, -0.2) is 0 Å². The molecule has 0 amide bonds. The molecule has 2 aromatic heterocycles. The van der Waals surface area contributed by atoms with Crippen molar-refractivity contribution in [3.8, 4) is 0 Å². The summed E-state index contributed by atoms with van der Waals surface area (Å²) in [5, 5.41) is 4.78. The van der Waals surface area contributed by atoms with E-state index in [0.29, 0.717) is 12.5 Å². The molecule has 146 valence electrons. The lowest BCUT2D eigenvalue weighted by Gasteiger charge is -2.32. The number of aromatic nitrogens is 2. The lowest BCUT2D eigenvalue weighted by molar-refractivity contribution is 0.127. The number of hydrogen-bond donors (Lipinski definition) is 0. The van der Waals surface area contributed by atoms with Crippen LogP contribution in [0.5, 0.6) is 0 Å². The van der Waals surface area contributed by atoms with Crippen LogP contribution in [0.25, 0.3) is 0 Å². The summed E-state index contributed by atoms with van der Waals surface area (Å²) in [6.07, 6.45) is 4.51. The maximum Gasteiger partial charge on any atom is 0.137 e. The van der Waals surface area contributed by atoms with Gasteiger partial charge < -0.3 is 9.26 Å². The highest BCUT2D eigenvalue weighted by Gasteiger charge is 2.34. The zero-order valence-electron chi connectivity index (χ0n) is 15.9. The van der Waals surface area contributed by atoms with Crippen LogP contribution in [0.3, 0.4) is 0 Å². The minimum Gasteiger partial charge on any atom is -0.379 e. The Morgan fingerprint density at radius 1 is 1.07 bits per heavy atom. The molecule has 2 atom stereocenters. The maximum absolute atomic E-state index is 6.22. The number of halogens is 1. The second kappa shape index (κ2) is 8.86. The quantitative estimate of drug-likeness (QED) is 0.595. The average molecular weight is 398 g/mol. The molecule has 3 heterocycles. The molecule has 0 aliphatic carbocycles. The predicted octanol–water partition coefficient (Wildman–Crippen LogP) is 4.29. The van der Waals surface area contributed by atoms with Crippen molar-refractivity contribution < 1.29 is 9.26 Å². The zero-order valence-corrected chi connectivity index (χ0v) is 16.7. The van der Waals surface area contributed by atoms with Gasteiger partial charge in [0.1, 0.15) is 5.76 Å². The van der Waals surface area contributed by atoms with Crippen LogP contribution in [-0.4, -0.2) is 34.3 Å². The number of hydrogen-bond acceptors (Lipinski definition) is 5. The number of nitrogens with zero attached hydrogens (tertiary/aromatic N) is 3. The number of aryl methyl sites for hydroxylation is 1. The van der Waals surface area contributed by atoms with Gasteiger partial charge in [0.2, 0.25) is 0 Å². The molecule has 4 rings (SSSR count). The minimum absolute atomic E-state index is 0.289. The molecular weight excluding hydrogens is 374 g/mol. The van der Waals surface area contributed by atoms with Crippen LogP contribution < -0.4 is 0 Å². The Morgan fingerprint density at radius 3 is 2.64 bits per heavy atom. The average Bonchev–Trinajstić information content (AvgIpc) is 3.31. The number of pyridine rings is 1. The van der Waals surface area contributed by atoms with Crippen molar-refractivity contribution in [3.63, 3.8) is 0 Å². The van der Waals surface area contributed by atoms with Crippen molar-refractivity contribution in [2.24, 2.45) is 5.92 Å². The van der Waals surface area contributed by atoms with Crippen molar-refractivity contribution in [1.29, 1.82) is 0 Å². The monoisotopic (exact) mass is 397 g/mol. The van der Waals surface area contributed by atoms with E-state index in [1.54, 1.807) is 0 Å². The van der Waals surface area contributed by atoms with Crippen molar-refractivity contribution in [3.05, 3.63) is 82.5 Å². The Kier molecular flexibility index (Phi) is 6.05. The molecule has 1 aliphatic rings. The summed E-state index contributed by atoms with van der Waals surface area (Å²) in [6.45, 7) is 5.03. The van der Waals surface area contributed by atoms with E-state index >= 15 is 0 Å². The SMILES string of the molecule is Cc1cc(C[C@@H]2COC[C@H]2N(Cc2ccncc2)Cc2cccc(Cl)c2)on1. The third-order valence-corrected chi connectivity index (χ3v) is 5.42. The van der Waals surface area contributed by atoms with Crippen LogP contribution in [0.2, 0.25) is 5.02 Å². The van der Waals surface area contributed by atoms with E-state index in [4.69, 9.17) is 20.9 Å². The first-order valence-electron chi connectivity index (χ1n) is 9.55. The van der Waals surface area contributed by atoms with Crippen molar-refractivity contribution in [2.75, 3.05) is 13.2 Å². The van der Waals surface area contributed by atoms with Crippen LogP contribution in [0.4, 0.5) is 0 Å². The fourth-order valence-electron chi connectivity index (χ4n) is 3.84. The van der Waals surface area contributed by atoms with Crippen LogP contribution in [0.15, 0.2) is 59.4 Å². The van der Waals surface area contributed by atoms with Crippen molar-refractivity contribution >= 4 is 11.6 Å². The summed E-state index contributed by atoms with van der Waals surface area (Å²) in [7, 11) is 0. The van der Waals surface area contributed by atoms with Crippen molar-refractivity contribution in [1.82, 2.24) is 15.0 Å². The fourth-order valence-corrected chi connectivity index (χ4v) is 4.05. The van der Waals surface area contributed by atoms with E-state index in [1.807, 2.05) is 43.6 Å². The Morgan fingerprint density at radius 2 is 1.89 bits per heavy atom. The lowest BCUT2D eigenvalue weighted by Crippen LogP contribution is -2.40. The highest BCUT2D eigenvalue weighted by molar-refractivity contribution is 6.30. The normalized spacial score (nSPS) is 19.4. The second-order valence-corrected chi connectivity index (χ2v) is 7.83. The third kappa shape index (κ3) is 4.79. The van der Waals surface area contributed by atoms with Crippen LogP contribution >= 0.6 is 11.6 Å². The van der Waals surface area contributed by atoms with Gasteiger partial charge in [-0.1, -0.05) is 28.9 Å². The van der Waals surface area contributed by atoms with E-state index in [0.717, 1.165) is 42.6 Å². The Bertz CT molecular complexity index is 900. The summed E-state index contributed by atoms with van der Waals surface area (Å²) in [6, 6.07) is 14.5. The summed E-state index contributed by atoms with van der Waals surface area (Å²) in [5.74, 6) is 1.28. The Labute approximate surface area is 170 Å². The van der Waals surface area contributed by atoms with Gasteiger partial charge >= 0.3 is 0 Å². The topological polar surface area (TPSA) is 51.4 Å². The first-order valence-corrected chi connectivity index (χ1v) is 9.92. The number of benzene rings is 1. The third-order valence-electron chi connectivity index (χ3n) is 5.18. The largest absolute Gasteiger partial charge is 0.379 e. The van der Waals surface area contributed by atoms with E-state index in [-0.39, 0.29) is 6.04 Å². The zero-order chi connectivity index (χ0) is 19.3. The Hall–Kier alpha value is -2.21. The molecule has 1 fully saturated rings. The molecule has 28 heavy (non-hydrogen) atoms. The van der Waals surface area contributed by atoms with Gasteiger partial charge in [0, 0.05) is 55.0 Å². The molecule has 0 spiro atoms. The van der Waals surface area contributed by atoms with E-state index in [9.17, 15) is 0 Å². The second-order valence-electron chi connectivity index (χ2n) is 7.39. The van der Waals surface area contributed by atoms with Crippen molar-refractivity contribution in [2.45, 2.75) is 32.5 Å². The van der Waals surface area contributed by atoms with Gasteiger partial charge in [-0.15, -0.1) is 0 Å². The highest BCUT2D eigenvalue weighted by Crippen LogP contribution is 2.27. The van der Waals surface area contributed by atoms with E-state index in [1.165, 1.54) is 11.1 Å². The molecule has 0 saturated carbocycles. The van der Waals surface area contributed by atoms with Gasteiger partial charge in [-0.2, -0.15) is 0 Å². The molecule has 1 saturated heterocycles. The first kappa shape index (κ1) is 19.1. The van der Waals surface area contributed by atoms with Crippen LogP contribution in [0, 0.1) is 12.8 Å².